The number of aromatic nitrogens is 1. The van der Waals surface area contributed by atoms with Crippen molar-refractivity contribution in [3.63, 3.8) is 0 Å². The molecule has 4 heteroatoms. The molecule has 0 saturated heterocycles. The number of hydrogen-bond donors (Lipinski definition) is 1. The predicted octanol–water partition coefficient (Wildman–Crippen LogP) is 3.46. The van der Waals surface area contributed by atoms with Crippen LogP contribution in [0.5, 0.6) is 0 Å². The van der Waals surface area contributed by atoms with Crippen LogP contribution < -0.4 is 5.32 Å². The van der Waals surface area contributed by atoms with Crippen LogP contribution in [-0.4, -0.2) is 17.1 Å². The van der Waals surface area contributed by atoms with E-state index in [0.717, 1.165) is 16.1 Å². The maximum atomic E-state index is 11.8. The molecule has 0 bridgehead atoms. The zero-order valence-corrected chi connectivity index (χ0v) is 11.4. The van der Waals surface area contributed by atoms with E-state index in [1.807, 2.05) is 42.7 Å². The standard InChI is InChI=1S/C15H14N2OS/c1-19-14-6-2-5-13(10-14)17-15(18)8-7-12-4-3-9-16-11-12/h2-11H,1H3,(H,17,18). The number of carbonyl (C=O) groups is 1. The van der Waals surface area contributed by atoms with Gasteiger partial charge in [-0.3, -0.25) is 9.78 Å². The predicted molar refractivity (Wildman–Crippen MR) is 80.1 cm³/mol. The molecule has 0 aliphatic heterocycles. The highest BCUT2D eigenvalue weighted by molar-refractivity contribution is 7.98. The number of rotatable bonds is 4. The summed E-state index contributed by atoms with van der Waals surface area (Å²) in [6.45, 7) is 0. The van der Waals surface area contributed by atoms with E-state index in [-0.39, 0.29) is 5.91 Å². The number of amides is 1. The first-order valence-corrected chi connectivity index (χ1v) is 7.03. The molecule has 1 amide bonds. The van der Waals surface area contributed by atoms with Gasteiger partial charge in [-0.25, -0.2) is 0 Å². The summed E-state index contributed by atoms with van der Waals surface area (Å²) in [7, 11) is 0. The van der Waals surface area contributed by atoms with Gasteiger partial charge in [0.1, 0.15) is 0 Å². The summed E-state index contributed by atoms with van der Waals surface area (Å²) in [5.74, 6) is -0.151. The summed E-state index contributed by atoms with van der Waals surface area (Å²) < 4.78 is 0. The molecule has 0 spiro atoms. The minimum Gasteiger partial charge on any atom is -0.322 e. The number of anilines is 1. The molecule has 0 atom stereocenters. The molecule has 0 unspecified atom stereocenters. The lowest BCUT2D eigenvalue weighted by Gasteiger charge is -2.03. The summed E-state index contributed by atoms with van der Waals surface area (Å²) in [4.78, 5) is 16.9. The van der Waals surface area contributed by atoms with Gasteiger partial charge in [0.05, 0.1) is 0 Å². The largest absolute Gasteiger partial charge is 0.322 e. The molecule has 2 rings (SSSR count). The summed E-state index contributed by atoms with van der Waals surface area (Å²) in [5.41, 5.74) is 1.70. The van der Waals surface area contributed by atoms with E-state index in [1.54, 1.807) is 30.2 Å². The summed E-state index contributed by atoms with van der Waals surface area (Å²) in [6.07, 6.45) is 8.65. The highest BCUT2D eigenvalue weighted by Crippen LogP contribution is 2.18. The lowest BCUT2D eigenvalue weighted by molar-refractivity contribution is -0.111. The third-order valence-corrected chi connectivity index (χ3v) is 3.17. The molecule has 0 fully saturated rings. The highest BCUT2D eigenvalue weighted by atomic mass is 32.2. The van der Waals surface area contributed by atoms with E-state index in [4.69, 9.17) is 0 Å². The van der Waals surface area contributed by atoms with Gasteiger partial charge in [-0.15, -0.1) is 11.8 Å². The van der Waals surface area contributed by atoms with Gasteiger partial charge in [-0.05, 0) is 42.2 Å². The fourth-order valence-corrected chi connectivity index (χ4v) is 1.99. The maximum Gasteiger partial charge on any atom is 0.248 e. The van der Waals surface area contributed by atoms with Gasteiger partial charge in [-0.2, -0.15) is 0 Å². The van der Waals surface area contributed by atoms with Crippen molar-refractivity contribution in [2.24, 2.45) is 0 Å². The number of benzene rings is 1. The first-order valence-electron chi connectivity index (χ1n) is 5.81. The van der Waals surface area contributed by atoms with Crippen molar-refractivity contribution < 1.29 is 4.79 Å². The normalized spacial score (nSPS) is 10.6. The van der Waals surface area contributed by atoms with Gasteiger partial charge in [-0.1, -0.05) is 12.1 Å². The molecule has 0 saturated carbocycles. The smallest absolute Gasteiger partial charge is 0.248 e. The highest BCUT2D eigenvalue weighted by Gasteiger charge is 1.98. The van der Waals surface area contributed by atoms with Crippen LogP contribution in [0.3, 0.4) is 0 Å². The molecular formula is C15H14N2OS. The number of thioether (sulfide) groups is 1. The zero-order chi connectivity index (χ0) is 13.5. The van der Waals surface area contributed by atoms with Crippen LogP contribution in [0.4, 0.5) is 5.69 Å². The third kappa shape index (κ3) is 4.26. The van der Waals surface area contributed by atoms with Crippen molar-refractivity contribution in [3.8, 4) is 0 Å². The molecule has 1 N–H and O–H groups in total. The van der Waals surface area contributed by atoms with Crippen LogP contribution >= 0.6 is 11.8 Å². The van der Waals surface area contributed by atoms with Crippen molar-refractivity contribution in [2.45, 2.75) is 4.90 Å². The van der Waals surface area contributed by atoms with E-state index in [9.17, 15) is 4.79 Å². The van der Waals surface area contributed by atoms with E-state index < -0.39 is 0 Å². The van der Waals surface area contributed by atoms with Gasteiger partial charge < -0.3 is 5.32 Å². The Hall–Kier alpha value is -2.07. The molecule has 2 aromatic rings. The van der Waals surface area contributed by atoms with Crippen LogP contribution in [0.25, 0.3) is 6.08 Å². The molecular weight excluding hydrogens is 256 g/mol. The van der Waals surface area contributed by atoms with Crippen LogP contribution in [0.2, 0.25) is 0 Å². The molecule has 19 heavy (non-hydrogen) atoms. The average Bonchev–Trinajstić information content (AvgIpc) is 2.46. The summed E-state index contributed by atoms with van der Waals surface area (Å²) >= 11 is 1.64. The van der Waals surface area contributed by atoms with E-state index >= 15 is 0 Å². The van der Waals surface area contributed by atoms with Crippen LogP contribution in [0.15, 0.2) is 59.8 Å². The summed E-state index contributed by atoms with van der Waals surface area (Å²) in [5, 5.41) is 2.83. The van der Waals surface area contributed by atoms with Crippen molar-refractivity contribution >= 4 is 29.4 Å². The lowest BCUT2D eigenvalue weighted by Crippen LogP contribution is -2.07. The van der Waals surface area contributed by atoms with Gasteiger partial charge in [0.2, 0.25) is 5.91 Å². The van der Waals surface area contributed by atoms with Crippen LogP contribution in [0.1, 0.15) is 5.56 Å². The van der Waals surface area contributed by atoms with Gasteiger partial charge in [0, 0.05) is 29.1 Å². The number of nitrogens with one attached hydrogen (secondary N) is 1. The van der Waals surface area contributed by atoms with E-state index in [2.05, 4.69) is 10.3 Å². The van der Waals surface area contributed by atoms with Crippen LogP contribution in [0, 0.1) is 0 Å². The van der Waals surface area contributed by atoms with Gasteiger partial charge in [0.25, 0.3) is 0 Å². The van der Waals surface area contributed by atoms with Gasteiger partial charge >= 0.3 is 0 Å². The SMILES string of the molecule is CSc1cccc(NC(=O)C=Cc2cccnc2)c1. The molecule has 0 aliphatic carbocycles. The molecule has 0 radical (unpaired) electrons. The van der Waals surface area contributed by atoms with Crippen molar-refractivity contribution in [1.82, 2.24) is 4.98 Å². The second-order valence-electron chi connectivity index (χ2n) is 3.84. The molecule has 1 aromatic carbocycles. The first-order chi connectivity index (χ1) is 9.28. The Morgan fingerprint density at radius 2 is 2.21 bits per heavy atom. The molecule has 1 heterocycles. The molecule has 96 valence electrons. The number of carbonyl (C=O) groups excluding carboxylic acids is 1. The van der Waals surface area contributed by atoms with E-state index in [0.29, 0.717) is 0 Å². The first kappa shape index (κ1) is 13.4. The Bertz CT molecular complexity index is 582. The van der Waals surface area contributed by atoms with E-state index in [1.165, 1.54) is 6.08 Å². The third-order valence-electron chi connectivity index (χ3n) is 2.45. The molecule has 3 nitrogen and oxygen atoms in total. The summed E-state index contributed by atoms with van der Waals surface area (Å²) in [6, 6.07) is 11.5. The average molecular weight is 270 g/mol. The Kier molecular flexibility index (Phi) is 4.75. The second-order valence-corrected chi connectivity index (χ2v) is 4.72. The maximum absolute atomic E-state index is 11.8. The lowest BCUT2D eigenvalue weighted by atomic mass is 10.2. The minimum absolute atomic E-state index is 0.151. The zero-order valence-electron chi connectivity index (χ0n) is 10.5. The fraction of sp³-hybridized carbons (Fsp3) is 0.0667. The molecule has 0 aliphatic rings. The van der Waals surface area contributed by atoms with Crippen molar-refractivity contribution in [3.05, 3.63) is 60.4 Å². The van der Waals surface area contributed by atoms with Crippen molar-refractivity contribution in [2.75, 3.05) is 11.6 Å². The Balaban J connectivity index is 1.99. The van der Waals surface area contributed by atoms with Crippen LogP contribution in [-0.2, 0) is 4.79 Å². The number of pyridine rings is 1. The minimum atomic E-state index is -0.151. The Morgan fingerprint density at radius 1 is 1.32 bits per heavy atom. The molecule has 1 aromatic heterocycles. The fourth-order valence-electron chi connectivity index (χ4n) is 1.53. The van der Waals surface area contributed by atoms with Gasteiger partial charge in [0.15, 0.2) is 0 Å². The second kappa shape index (κ2) is 6.75. The topological polar surface area (TPSA) is 42.0 Å². The monoisotopic (exact) mass is 270 g/mol. The number of nitrogens with zero attached hydrogens (tertiary/aromatic N) is 1. The number of hydrogen-bond acceptors (Lipinski definition) is 3. The van der Waals surface area contributed by atoms with Crippen molar-refractivity contribution in [1.29, 1.82) is 0 Å². The Morgan fingerprint density at radius 3 is 2.95 bits per heavy atom. The quantitative estimate of drug-likeness (QED) is 0.683. The Labute approximate surface area is 116 Å².